The van der Waals surface area contributed by atoms with Crippen molar-refractivity contribution >= 4 is 11.9 Å². The average Bonchev–Trinajstić information content (AvgIpc) is 2.47. The lowest BCUT2D eigenvalue weighted by molar-refractivity contribution is 0.0688. The summed E-state index contributed by atoms with van der Waals surface area (Å²) in [6.45, 7) is 0. The molecule has 8 heteroatoms. The summed E-state index contributed by atoms with van der Waals surface area (Å²) >= 11 is 0. The summed E-state index contributed by atoms with van der Waals surface area (Å²) < 4.78 is 10.5. The molecule has 0 saturated heterocycles. The summed E-state index contributed by atoms with van der Waals surface area (Å²) in [6, 6.07) is 4.33. The van der Waals surface area contributed by atoms with Crippen LogP contribution in [0.5, 0.6) is 17.4 Å². The molecule has 0 aliphatic rings. The number of methoxy groups -OCH3 is 1. The second kappa shape index (κ2) is 5.87. The van der Waals surface area contributed by atoms with E-state index in [1.807, 2.05) is 0 Å². The van der Waals surface area contributed by atoms with E-state index in [1.54, 1.807) is 0 Å². The number of nitrogens with zero attached hydrogens (tertiary/aromatic N) is 2. The first kappa shape index (κ1) is 14.3. The number of rotatable bonds is 5. The maximum atomic E-state index is 11.1. The van der Waals surface area contributed by atoms with Crippen LogP contribution < -0.4 is 15.2 Å². The first-order valence-electron chi connectivity index (χ1n) is 5.72. The highest BCUT2D eigenvalue weighted by Gasteiger charge is 2.12. The standard InChI is InChI=1S/C13H11N3O5/c1-20-10-4-7(12(14)17)2-3-9(10)21-11-6-15-5-8(16-11)13(18)19/h2-6H,1H3,(H2,14,17)(H,18,19). The summed E-state index contributed by atoms with van der Waals surface area (Å²) in [5.41, 5.74) is 5.17. The Labute approximate surface area is 119 Å². The van der Waals surface area contributed by atoms with E-state index in [9.17, 15) is 9.59 Å². The summed E-state index contributed by atoms with van der Waals surface area (Å²) in [5, 5.41) is 8.84. The van der Waals surface area contributed by atoms with Crippen molar-refractivity contribution in [2.24, 2.45) is 5.73 Å². The van der Waals surface area contributed by atoms with Gasteiger partial charge in [-0.3, -0.25) is 9.78 Å². The van der Waals surface area contributed by atoms with Crippen molar-refractivity contribution in [3.05, 3.63) is 41.9 Å². The molecule has 0 radical (unpaired) electrons. The number of hydrogen-bond acceptors (Lipinski definition) is 6. The highest BCUT2D eigenvalue weighted by atomic mass is 16.5. The number of primary amides is 1. The van der Waals surface area contributed by atoms with Crippen LogP contribution >= 0.6 is 0 Å². The molecule has 108 valence electrons. The van der Waals surface area contributed by atoms with Gasteiger partial charge in [0.05, 0.1) is 19.5 Å². The monoisotopic (exact) mass is 289 g/mol. The predicted octanol–water partition coefficient (Wildman–Crippen LogP) is 1.07. The molecule has 0 aliphatic heterocycles. The Morgan fingerprint density at radius 2 is 2.00 bits per heavy atom. The molecule has 1 amide bonds. The van der Waals surface area contributed by atoms with Crippen LogP contribution in [0.3, 0.4) is 0 Å². The fourth-order valence-corrected chi connectivity index (χ4v) is 1.52. The first-order valence-corrected chi connectivity index (χ1v) is 5.72. The smallest absolute Gasteiger partial charge is 0.356 e. The van der Waals surface area contributed by atoms with Crippen molar-refractivity contribution in [1.82, 2.24) is 9.97 Å². The van der Waals surface area contributed by atoms with Crippen LogP contribution in [0.1, 0.15) is 20.8 Å². The minimum absolute atomic E-state index is 0.0139. The fraction of sp³-hybridized carbons (Fsp3) is 0.0769. The van der Waals surface area contributed by atoms with Gasteiger partial charge in [-0.15, -0.1) is 0 Å². The third kappa shape index (κ3) is 3.24. The topological polar surface area (TPSA) is 125 Å². The highest BCUT2D eigenvalue weighted by molar-refractivity contribution is 5.93. The number of hydrogen-bond donors (Lipinski definition) is 2. The quantitative estimate of drug-likeness (QED) is 0.843. The molecule has 0 bridgehead atoms. The Hall–Kier alpha value is -3.16. The number of amides is 1. The van der Waals surface area contributed by atoms with Crippen LogP contribution in [0.15, 0.2) is 30.6 Å². The van der Waals surface area contributed by atoms with E-state index in [-0.39, 0.29) is 28.6 Å². The molecule has 1 heterocycles. The molecule has 1 aromatic carbocycles. The van der Waals surface area contributed by atoms with Crippen molar-refractivity contribution in [3.8, 4) is 17.4 Å². The van der Waals surface area contributed by atoms with Gasteiger partial charge >= 0.3 is 5.97 Å². The molecule has 1 aromatic heterocycles. The fourth-order valence-electron chi connectivity index (χ4n) is 1.52. The van der Waals surface area contributed by atoms with Crippen molar-refractivity contribution in [2.75, 3.05) is 7.11 Å². The van der Waals surface area contributed by atoms with Gasteiger partial charge in [0.2, 0.25) is 11.8 Å². The number of carbonyl (C=O) groups excluding carboxylic acids is 1. The van der Waals surface area contributed by atoms with Crippen molar-refractivity contribution in [1.29, 1.82) is 0 Å². The van der Waals surface area contributed by atoms with E-state index in [2.05, 4.69) is 9.97 Å². The lowest BCUT2D eigenvalue weighted by Crippen LogP contribution is -2.11. The van der Waals surface area contributed by atoms with Gasteiger partial charge in [-0.25, -0.2) is 9.78 Å². The molecule has 0 saturated carbocycles. The van der Waals surface area contributed by atoms with Gasteiger partial charge in [0.25, 0.3) is 0 Å². The van der Waals surface area contributed by atoms with E-state index in [1.165, 1.54) is 31.5 Å². The van der Waals surface area contributed by atoms with Crippen LogP contribution in [0.2, 0.25) is 0 Å². The van der Waals surface area contributed by atoms with Crippen molar-refractivity contribution < 1.29 is 24.2 Å². The van der Waals surface area contributed by atoms with Gasteiger partial charge in [-0.2, -0.15) is 0 Å². The molecular weight excluding hydrogens is 278 g/mol. The van der Waals surface area contributed by atoms with Crippen LogP contribution in [0.4, 0.5) is 0 Å². The zero-order valence-electron chi connectivity index (χ0n) is 10.9. The van der Waals surface area contributed by atoms with Crippen LogP contribution in [0, 0.1) is 0 Å². The maximum absolute atomic E-state index is 11.1. The van der Waals surface area contributed by atoms with E-state index in [0.717, 1.165) is 6.20 Å². The Morgan fingerprint density at radius 1 is 1.24 bits per heavy atom. The minimum Gasteiger partial charge on any atom is -0.493 e. The Morgan fingerprint density at radius 3 is 2.62 bits per heavy atom. The molecule has 8 nitrogen and oxygen atoms in total. The number of nitrogens with two attached hydrogens (primary N) is 1. The number of carboxylic acids is 1. The number of ether oxygens (including phenoxy) is 2. The summed E-state index contributed by atoms with van der Waals surface area (Å²) in [4.78, 5) is 29.4. The number of carboxylic acid groups (broad SMARTS) is 1. The third-order valence-electron chi connectivity index (χ3n) is 2.49. The number of aromatic carboxylic acids is 1. The third-order valence-corrected chi connectivity index (χ3v) is 2.49. The molecule has 0 spiro atoms. The van der Waals surface area contributed by atoms with Crippen molar-refractivity contribution in [3.63, 3.8) is 0 Å². The van der Waals surface area contributed by atoms with Gasteiger partial charge in [0.1, 0.15) is 0 Å². The second-order valence-electron chi connectivity index (χ2n) is 3.88. The normalized spacial score (nSPS) is 9.95. The Balaban J connectivity index is 2.33. The largest absolute Gasteiger partial charge is 0.493 e. The summed E-state index contributed by atoms with van der Waals surface area (Å²) in [7, 11) is 1.40. The van der Waals surface area contributed by atoms with E-state index >= 15 is 0 Å². The first-order chi connectivity index (χ1) is 10.0. The zero-order chi connectivity index (χ0) is 15.4. The molecule has 0 fully saturated rings. The maximum Gasteiger partial charge on any atom is 0.356 e. The lowest BCUT2D eigenvalue weighted by atomic mass is 10.2. The number of aromatic nitrogens is 2. The lowest BCUT2D eigenvalue weighted by Gasteiger charge is -2.10. The Kier molecular flexibility index (Phi) is 3.98. The van der Waals surface area contributed by atoms with E-state index in [0.29, 0.717) is 0 Å². The van der Waals surface area contributed by atoms with Gasteiger partial charge < -0.3 is 20.3 Å². The predicted molar refractivity (Wildman–Crippen MR) is 70.6 cm³/mol. The number of carbonyl (C=O) groups is 2. The number of benzene rings is 1. The highest BCUT2D eigenvalue weighted by Crippen LogP contribution is 2.31. The molecule has 0 atom stereocenters. The summed E-state index contributed by atoms with van der Waals surface area (Å²) in [6.07, 6.45) is 2.36. The van der Waals surface area contributed by atoms with Gasteiger partial charge in [0, 0.05) is 5.56 Å². The second-order valence-corrected chi connectivity index (χ2v) is 3.88. The average molecular weight is 289 g/mol. The SMILES string of the molecule is COc1cc(C(N)=O)ccc1Oc1cncc(C(=O)O)n1. The van der Waals surface area contributed by atoms with Gasteiger partial charge in [-0.05, 0) is 18.2 Å². The molecule has 3 N–H and O–H groups in total. The van der Waals surface area contributed by atoms with Crippen LogP contribution in [-0.4, -0.2) is 34.1 Å². The van der Waals surface area contributed by atoms with Gasteiger partial charge in [0.15, 0.2) is 17.2 Å². The van der Waals surface area contributed by atoms with Crippen LogP contribution in [0.25, 0.3) is 0 Å². The minimum atomic E-state index is -1.22. The Bertz CT molecular complexity index is 702. The van der Waals surface area contributed by atoms with E-state index in [4.69, 9.17) is 20.3 Å². The molecular formula is C13H11N3O5. The van der Waals surface area contributed by atoms with E-state index < -0.39 is 11.9 Å². The molecule has 2 rings (SSSR count). The van der Waals surface area contributed by atoms with Gasteiger partial charge in [-0.1, -0.05) is 0 Å². The molecule has 0 unspecified atom stereocenters. The molecule has 21 heavy (non-hydrogen) atoms. The van der Waals surface area contributed by atoms with Crippen molar-refractivity contribution in [2.45, 2.75) is 0 Å². The zero-order valence-corrected chi connectivity index (χ0v) is 10.9. The summed E-state index contributed by atoms with van der Waals surface area (Å²) in [5.74, 6) is -1.33. The molecule has 2 aromatic rings. The molecule has 0 aliphatic carbocycles. The van der Waals surface area contributed by atoms with Crippen LogP contribution in [-0.2, 0) is 0 Å².